The van der Waals surface area contributed by atoms with Crippen LogP contribution in [0.2, 0.25) is 36.3 Å². The van der Waals surface area contributed by atoms with Crippen molar-refractivity contribution in [2.45, 2.75) is 127 Å². The molecule has 6 heterocycles. The Bertz CT molecular complexity index is 2380. The third-order valence-electron chi connectivity index (χ3n) is 13.3. The minimum atomic E-state index is -4.28. The molecule has 1 spiro atoms. The average Bonchev–Trinajstić information content (AvgIpc) is 3.40. The Balaban J connectivity index is 1.22. The van der Waals surface area contributed by atoms with Crippen LogP contribution in [0.3, 0.4) is 0 Å². The number of nitrogens with zero attached hydrogens (tertiary/aromatic N) is 8. The topological polar surface area (TPSA) is 238 Å². The van der Waals surface area contributed by atoms with E-state index in [1.807, 2.05) is 4.57 Å². The average molecular weight is 929 g/mol. The number of nitrogen functional groups attached to an aromatic ring is 2. The summed E-state index contributed by atoms with van der Waals surface area (Å²) in [6.45, 7) is 12.1. The molecule has 2 aliphatic carbocycles. The first-order valence-electron chi connectivity index (χ1n) is 19.4. The van der Waals surface area contributed by atoms with Crippen LogP contribution in [0.5, 0.6) is 0 Å². The number of hydrogen-bond acceptors (Lipinski definition) is 17. The molecule has 4 aromatic rings. The molecule has 4 fully saturated rings. The van der Waals surface area contributed by atoms with Crippen molar-refractivity contribution in [2.24, 2.45) is 11.3 Å². The maximum Gasteiger partial charge on any atom is 0.386 e. The number of ether oxygens (including phenoxy) is 1. The summed E-state index contributed by atoms with van der Waals surface area (Å²) < 4.78 is 79.6. The molecule has 4 aromatic heterocycles. The largest absolute Gasteiger partial charge is 0.409 e. The Hall–Kier alpha value is -1.99. The van der Waals surface area contributed by atoms with Gasteiger partial charge < -0.3 is 34.1 Å². The fourth-order valence-corrected chi connectivity index (χ4v) is 13.6. The molecule has 2 saturated heterocycles. The van der Waals surface area contributed by atoms with Gasteiger partial charge in [-0.3, -0.25) is 18.1 Å². The summed E-state index contributed by atoms with van der Waals surface area (Å²) in [5, 5.41) is -0.483. The molecule has 2 unspecified atom stereocenters. The zero-order chi connectivity index (χ0) is 42.9. The van der Waals surface area contributed by atoms with Crippen molar-refractivity contribution in [3.05, 3.63) is 25.3 Å². The molecule has 25 heteroatoms. The van der Waals surface area contributed by atoms with E-state index in [1.54, 1.807) is 10.9 Å². The lowest BCUT2D eigenvalue weighted by molar-refractivity contribution is -0.0540. The second-order valence-electron chi connectivity index (χ2n) is 19.1. The highest BCUT2D eigenvalue weighted by Gasteiger charge is 2.75. The van der Waals surface area contributed by atoms with Crippen molar-refractivity contribution < 1.29 is 40.8 Å². The first-order chi connectivity index (χ1) is 27.3. The molecular formula is C34H54N10O9P2S2Si2. The molecule has 2 saturated carbocycles. The molecule has 11 atom stereocenters. The maximum absolute atomic E-state index is 14.8. The van der Waals surface area contributed by atoms with Gasteiger partial charge in [0.25, 0.3) is 0 Å². The summed E-state index contributed by atoms with van der Waals surface area (Å²) >= 11 is 9.19. The molecule has 0 aromatic carbocycles. The van der Waals surface area contributed by atoms with E-state index in [2.05, 4.69) is 122 Å². The number of imidazole rings is 2. The van der Waals surface area contributed by atoms with Gasteiger partial charge in [-0.05, 0) is 48.6 Å². The van der Waals surface area contributed by atoms with Gasteiger partial charge in [0, 0.05) is 5.41 Å². The van der Waals surface area contributed by atoms with Crippen LogP contribution < -0.4 is 11.5 Å². The third-order valence-corrected chi connectivity index (χ3v) is 25.5. The van der Waals surface area contributed by atoms with E-state index < -0.39 is 78.4 Å². The number of nitrogens with two attached hydrogens (primary N) is 2. The standard InChI is InChI=1S/C34H54N10O9P2S2Si2/c1-32(2,3)58(7,8)52-23-19-12-47-54(45,56)51-26-24(53-59(9,10)33(4,5)6)22(43-16-41-20-27(35)37-14-39-29(20)43)18-11-34(18,26)13-48-55(46,57)50-25(23)31(49-19)44-17-42-21-28(36)38-15-40-30(21)44/h14-19,22-26,31H,11-13H2,1-10H3,(H,45,56)(H,46,57)(H2,35,37,39)(H2,36,38,40)/t18-,19-,22-,23?,24?,25-,26+,31-,34+,54+,55-/m1/s1. The van der Waals surface area contributed by atoms with Crippen molar-refractivity contribution in [3.8, 4) is 0 Å². The van der Waals surface area contributed by atoms with Crippen molar-refractivity contribution >= 4 is 88.7 Å². The molecule has 19 nitrogen and oxygen atoms in total. The highest BCUT2D eigenvalue weighted by Crippen LogP contribution is 2.74. The van der Waals surface area contributed by atoms with E-state index in [1.165, 1.54) is 19.0 Å². The smallest absolute Gasteiger partial charge is 0.386 e. The van der Waals surface area contributed by atoms with Gasteiger partial charge in [-0.25, -0.2) is 39.0 Å². The summed E-state index contributed by atoms with van der Waals surface area (Å²) in [6.07, 6.45) is 0.663. The zero-order valence-electron chi connectivity index (χ0n) is 34.7. The lowest BCUT2D eigenvalue weighted by Gasteiger charge is -2.43. The summed E-state index contributed by atoms with van der Waals surface area (Å²) in [6, 6.07) is -0.450. The Morgan fingerprint density at radius 1 is 0.780 bits per heavy atom. The Morgan fingerprint density at radius 2 is 1.31 bits per heavy atom. The minimum absolute atomic E-state index is 0.162. The van der Waals surface area contributed by atoms with E-state index in [4.69, 9.17) is 43.2 Å². The quantitative estimate of drug-likeness (QED) is 0.0868. The summed E-state index contributed by atoms with van der Waals surface area (Å²) in [5.41, 5.74) is 13.1. The lowest BCUT2D eigenvalue weighted by atomic mass is 10.0. The monoisotopic (exact) mass is 928 g/mol. The molecule has 2 aliphatic heterocycles. The van der Waals surface area contributed by atoms with E-state index >= 15 is 0 Å². The fraction of sp³-hybridized carbons (Fsp3) is 0.706. The highest BCUT2D eigenvalue weighted by molar-refractivity contribution is 8.44. The van der Waals surface area contributed by atoms with Crippen LogP contribution in [-0.4, -0.2) is 99.4 Å². The lowest BCUT2D eigenvalue weighted by Crippen LogP contribution is -2.50. The fourth-order valence-electron chi connectivity index (χ4n) is 8.00. The second kappa shape index (κ2) is 14.5. The Labute approximate surface area is 355 Å². The molecule has 4 aliphatic rings. The van der Waals surface area contributed by atoms with Gasteiger partial charge in [0.1, 0.15) is 48.1 Å². The highest BCUT2D eigenvalue weighted by atomic mass is 32.7. The second-order valence-corrected chi connectivity index (χ2v) is 34.3. The number of rotatable bonds is 6. The van der Waals surface area contributed by atoms with E-state index in [9.17, 15) is 9.13 Å². The van der Waals surface area contributed by atoms with Crippen LogP contribution >= 0.6 is 38.1 Å². The van der Waals surface area contributed by atoms with Gasteiger partial charge in [-0.2, -0.15) is 0 Å². The molecule has 0 amide bonds. The summed E-state index contributed by atoms with van der Waals surface area (Å²) in [7, 11) is -5.20. The maximum atomic E-state index is 14.8. The van der Waals surface area contributed by atoms with Crippen LogP contribution in [0.1, 0.15) is 60.2 Å². The van der Waals surface area contributed by atoms with Crippen LogP contribution in [0.25, 0.3) is 22.3 Å². The van der Waals surface area contributed by atoms with Crippen molar-refractivity contribution in [1.82, 2.24) is 39.0 Å². The number of anilines is 2. The first-order valence-corrected chi connectivity index (χ1v) is 30.7. The number of aromatic nitrogens is 8. The number of thiol groups is 2. The Kier molecular flexibility index (Phi) is 10.8. The van der Waals surface area contributed by atoms with Crippen LogP contribution in [0.15, 0.2) is 25.3 Å². The van der Waals surface area contributed by atoms with E-state index in [0.717, 1.165) is 0 Å². The predicted octanol–water partition coefficient (Wildman–Crippen LogP) is 6.96. The molecule has 0 radical (unpaired) electrons. The molecule has 8 rings (SSSR count). The van der Waals surface area contributed by atoms with E-state index in [0.29, 0.717) is 28.7 Å². The van der Waals surface area contributed by atoms with Crippen LogP contribution in [0, 0.1) is 11.3 Å². The van der Waals surface area contributed by atoms with Gasteiger partial charge in [-0.15, -0.1) is 0 Å². The predicted molar refractivity (Wildman–Crippen MR) is 232 cm³/mol. The summed E-state index contributed by atoms with van der Waals surface area (Å²) in [4.78, 5) is 26.2. The van der Waals surface area contributed by atoms with Crippen molar-refractivity contribution in [3.63, 3.8) is 0 Å². The normalized spacial score (nSPS) is 35.9. The molecule has 324 valence electrons. The number of hydrogen-bond donors (Lipinski definition) is 4. The molecule has 4 N–H and O–H groups in total. The van der Waals surface area contributed by atoms with Crippen LogP contribution in [-0.2, 0) is 40.8 Å². The van der Waals surface area contributed by atoms with Crippen molar-refractivity contribution in [1.29, 1.82) is 0 Å². The molecular weight excluding hydrogens is 875 g/mol. The van der Waals surface area contributed by atoms with Crippen LogP contribution in [0.4, 0.5) is 11.6 Å². The zero-order valence-corrected chi connectivity index (χ0v) is 40.3. The Morgan fingerprint density at radius 3 is 1.88 bits per heavy atom. The van der Waals surface area contributed by atoms with Gasteiger partial charge >= 0.3 is 13.6 Å². The minimum Gasteiger partial charge on any atom is -0.409 e. The van der Waals surface area contributed by atoms with Gasteiger partial charge in [0.15, 0.2) is 45.8 Å². The van der Waals surface area contributed by atoms with E-state index in [-0.39, 0.29) is 40.8 Å². The molecule has 59 heavy (non-hydrogen) atoms. The summed E-state index contributed by atoms with van der Waals surface area (Å²) in [5.74, 6) is 0.176. The number of fused-ring (bicyclic) bond motifs is 4. The van der Waals surface area contributed by atoms with Gasteiger partial charge in [0.05, 0.1) is 38.0 Å². The van der Waals surface area contributed by atoms with Gasteiger partial charge in [-0.1, -0.05) is 66.0 Å². The SMILES string of the molecule is CC(C)(C)[Si](C)(C)OC1[C@H]2O[P@](=O)(S)OC[C@@]34C[C@@H]3[C@@H](n3cnc5c(N)ncnc53)C(O[Si](C)(C)C(C)(C)C)[C@@H]4O[P@@](=O)(S)OC[C@H]1O[C@H]2n1cnc2c(N)ncnc21. The molecule has 2 bridgehead atoms. The third kappa shape index (κ3) is 7.67. The first kappa shape index (κ1) is 43.7. The van der Waals surface area contributed by atoms with Crippen molar-refractivity contribution in [2.75, 3.05) is 24.7 Å². The van der Waals surface area contributed by atoms with Gasteiger partial charge in [0.2, 0.25) is 0 Å².